The summed E-state index contributed by atoms with van der Waals surface area (Å²) in [5.74, 6) is 0.745. The number of hydrogen-bond donors (Lipinski definition) is 1. The molecule has 0 unspecified atom stereocenters. The molecule has 0 heterocycles. The normalized spacial score (nSPS) is 11.3. The van der Waals surface area contributed by atoms with Crippen molar-refractivity contribution < 1.29 is 0 Å². The summed E-state index contributed by atoms with van der Waals surface area (Å²) in [5, 5.41) is 4.42. The van der Waals surface area contributed by atoms with Crippen molar-refractivity contribution in [2.45, 2.75) is 53.4 Å². The number of halogens is 1. The maximum Gasteiger partial charge on any atom is 0.0440 e. The van der Waals surface area contributed by atoms with Crippen LogP contribution in [0.5, 0.6) is 0 Å². The highest BCUT2D eigenvalue weighted by molar-refractivity contribution is 6.31. The van der Waals surface area contributed by atoms with Gasteiger partial charge >= 0.3 is 0 Å². The van der Waals surface area contributed by atoms with Gasteiger partial charge in [-0.2, -0.15) is 0 Å². The van der Waals surface area contributed by atoms with E-state index in [0.29, 0.717) is 0 Å². The van der Waals surface area contributed by atoms with Gasteiger partial charge in [-0.15, -0.1) is 0 Å². The Hall–Kier alpha value is -0.530. The highest BCUT2D eigenvalue weighted by atomic mass is 35.5. The van der Waals surface area contributed by atoms with Crippen molar-refractivity contribution in [3.63, 3.8) is 0 Å². The van der Waals surface area contributed by atoms with Crippen LogP contribution in [-0.2, 0) is 6.42 Å². The lowest BCUT2D eigenvalue weighted by atomic mass is 10.0. The van der Waals surface area contributed by atoms with Gasteiger partial charge in [0.2, 0.25) is 0 Å². The van der Waals surface area contributed by atoms with Crippen molar-refractivity contribution in [1.29, 1.82) is 0 Å². The average molecular weight is 282 g/mol. The second-order valence-electron chi connectivity index (χ2n) is 5.94. The van der Waals surface area contributed by atoms with Gasteiger partial charge in [-0.25, -0.2) is 0 Å². The number of aryl methyl sites for hydroxylation is 3. The Morgan fingerprint density at radius 2 is 1.74 bits per heavy atom. The molecular weight excluding hydrogens is 254 g/mol. The Labute approximate surface area is 123 Å². The van der Waals surface area contributed by atoms with E-state index in [9.17, 15) is 0 Å². The molecule has 1 aromatic carbocycles. The first kappa shape index (κ1) is 16.5. The largest absolute Gasteiger partial charge is 0.316 e. The maximum absolute atomic E-state index is 6.29. The van der Waals surface area contributed by atoms with Crippen LogP contribution >= 0.6 is 11.6 Å². The summed E-state index contributed by atoms with van der Waals surface area (Å²) in [7, 11) is 0. The highest BCUT2D eigenvalue weighted by Gasteiger charge is 2.03. The summed E-state index contributed by atoms with van der Waals surface area (Å²) >= 11 is 6.29. The zero-order valence-corrected chi connectivity index (χ0v) is 13.6. The van der Waals surface area contributed by atoms with Crippen molar-refractivity contribution in [1.82, 2.24) is 5.32 Å². The van der Waals surface area contributed by atoms with Gasteiger partial charge in [0.15, 0.2) is 0 Å². The van der Waals surface area contributed by atoms with Crippen LogP contribution in [0.2, 0.25) is 5.02 Å². The number of nitrogens with one attached hydrogen (secondary N) is 1. The van der Waals surface area contributed by atoms with Crippen molar-refractivity contribution in [2.24, 2.45) is 5.92 Å². The summed E-state index contributed by atoms with van der Waals surface area (Å²) in [5.41, 5.74) is 3.93. The topological polar surface area (TPSA) is 12.0 Å². The van der Waals surface area contributed by atoms with Crippen LogP contribution < -0.4 is 5.32 Å². The Morgan fingerprint density at radius 3 is 2.42 bits per heavy atom. The monoisotopic (exact) mass is 281 g/mol. The van der Waals surface area contributed by atoms with E-state index in [1.54, 1.807) is 0 Å². The van der Waals surface area contributed by atoms with Crippen LogP contribution in [-0.4, -0.2) is 13.1 Å². The zero-order valence-electron chi connectivity index (χ0n) is 12.9. The predicted octanol–water partition coefficient (Wildman–Crippen LogP) is 4.92. The number of benzene rings is 1. The molecular formula is C17H28ClN. The standard InChI is InChI=1S/C17H28ClN/c1-13(2)12-19-9-7-5-6-8-16-10-14(3)15(4)11-17(16)18/h10-11,13,19H,5-9,12H2,1-4H3. The zero-order chi connectivity index (χ0) is 14.3. The summed E-state index contributed by atoms with van der Waals surface area (Å²) in [6, 6.07) is 4.34. The second-order valence-corrected chi connectivity index (χ2v) is 6.34. The van der Waals surface area contributed by atoms with Gasteiger partial charge < -0.3 is 5.32 Å². The molecule has 0 atom stereocenters. The molecule has 108 valence electrons. The second kappa shape index (κ2) is 8.60. The molecule has 1 rings (SSSR count). The van der Waals surface area contributed by atoms with Crippen molar-refractivity contribution in [2.75, 3.05) is 13.1 Å². The fourth-order valence-corrected chi connectivity index (χ4v) is 2.48. The molecule has 19 heavy (non-hydrogen) atoms. The van der Waals surface area contributed by atoms with Gasteiger partial charge in [0.05, 0.1) is 0 Å². The van der Waals surface area contributed by atoms with E-state index in [4.69, 9.17) is 11.6 Å². The lowest BCUT2D eigenvalue weighted by Crippen LogP contribution is -2.20. The Morgan fingerprint density at radius 1 is 1.05 bits per heavy atom. The minimum atomic E-state index is 0.745. The van der Waals surface area contributed by atoms with Gasteiger partial charge in [0.25, 0.3) is 0 Å². The first-order valence-electron chi connectivity index (χ1n) is 7.47. The first-order valence-corrected chi connectivity index (χ1v) is 7.85. The molecule has 0 bridgehead atoms. The lowest BCUT2D eigenvalue weighted by Gasteiger charge is -2.09. The lowest BCUT2D eigenvalue weighted by molar-refractivity contribution is 0.530. The van der Waals surface area contributed by atoms with Crippen molar-refractivity contribution in [3.8, 4) is 0 Å². The molecule has 0 aromatic heterocycles. The van der Waals surface area contributed by atoms with E-state index in [0.717, 1.165) is 30.5 Å². The predicted molar refractivity (Wildman–Crippen MR) is 86.2 cm³/mol. The number of unbranched alkanes of at least 4 members (excludes halogenated alkanes) is 2. The highest BCUT2D eigenvalue weighted by Crippen LogP contribution is 2.22. The van der Waals surface area contributed by atoms with E-state index in [-0.39, 0.29) is 0 Å². The molecule has 0 saturated heterocycles. The summed E-state index contributed by atoms with van der Waals surface area (Å²) in [6.07, 6.45) is 4.86. The Bertz CT molecular complexity index is 385. The molecule has 0 saturated carbocycles. The Balaban J connectivity index is 2.21. The molecule has 0 aliphatic heterocycles. The quantitative estimate of drug-likeness (QED) is 0.667. The molecule has 0 amide bonds. The number of hydrogen-bond acceptors (Lipinski definition) is 1. The van der Waals surface area contributed by atoms with Crippen molar-refractivity contribution in [3.05, 3.63) is 33.8 Å². The van der Waals surface area contributed by atoms with E-state index < -0.39 is 0 Å². The molecule has 0 spiro atoms. The van der Waals surface area contributed by atoms with Crippen LogP contribution in [0, 0.1) is 19.8 Å². The van der Waals surface area contributed by atoms with E-state index in [1.807, 2.05) is 0 Å². The van der Waals surface area contributed by atoms with Crippen LogP contribution in [0.25, 0.3) is 0 Å². The van der Waals surface area contributed by atoms with Gasteiger partial charge in [-0.3, -0.25) is 0 Å². The molecule has 1 nitrogen and oxygen atoms in total. The number of rotatable bonds is 8. The third-order valence-corrected chi connectivity index (χ3v) is 3.87. The minimum Gasteiger partial charge on any atom is -0.316 e. The fourth-order valence-electron chi connectivity index (χ4n) is 2.17. The molecule has 0 fully saturated rings. The van der Waals surface area contributed by atoms with Crippen molar-refractivity contribution >= 4 is 11.6 Å². The SMILES string of the molecule is Cc1cc(Cl)c(CCCCCNCC(C)C)cc1C. The average Bonchev–Trinajstić information content (AvgIpc) is 2.33. The molecule has 1 N–H and O–H groups in total. The smallest absolute Gasteiger partial charge is 0.0440 e. The first-order chi connectivity index (χ1) is 9.00. The third kappa shape index (κ3) is 6.44. The maximum atomic E-state index is 6.29. The van der Waals surface area contributed by atoms with Gasteiger partial charge in [0.1, 0.15) is 0 Å². The molecule has 0 radical (unpaired) electrons. The minimum absolute atomic E-state index is 0.745. The van der Waals surface area contributed by atoms with Crippen LogP contribution in [0.3, 0.4) is 0 Å². The van der Waals surface area contributed by atoms with Gasteiger partial charge in [-0.1, -0.05) is 37.9 Å². The van der Waals surface area contributed by atoms with Crippen LogP contribution in [0.15, 0.2) is 12.1 Å². The Kier molecular flexibility index (Phi) is 7.48. The molecule has 0 aliphatic rings. The van der Waals surface area contributed by atoms with Crippen LogP contribution in [0.1, 0.15) is 49.8 Å². The van der Waals surface area contributed by atoms with E-state index in [2.05, 4.69) is 45.1 Å². The summed E-state index contributed by atoms with van der Waals surface area (Å²) < 4.78 is 0. The summed E-state index contributed by atoms with van der Waals surface area (Å²) in [4.78, 5) is 0. The molecule has 2 heteroatoms. The van der Waals surface area contributed by atoms with E-state index in [1.165, 1.54) is 36.0 Å². The molecule has 1 aromatic rings. The van der Waals surface area contributed by atoms with Crippen LogP contribution in [0.4, 0.5) is 0 Å². The molecule has 0 aliphatic carbocycles. The summed E-state index contributed by atoms with van der Waals surface area (Å²) in [6.45, 7) is 11.0. The fraction of sp³-hybridized carbons (Fsp3) is 0.647. The third-order valence-electron chi connectivity index (χ3n) is 3.51. The van der Waals surface area contributed by atoms with E-state index >= 15 is 0 Å². The van der Waals surface area contributed by atoms with Gasteiger partial charge in [-0.05, 0) is 74.9 Å². The van der Waals surface area contributed by atoms with Gasteiger partial charge in [0, 0.05) is 5.02 Å².